The van der Waals surface area contributed by atoms with E-state index in [0.29, 0.717) is 16.4 Å². The molecule has 1 amide bonds. The fourth-order valence-corrected chi connectivity index (χ4v) is 2.74. The first-order chi connectivity index (χ1) is 9.08. The minimum Gasteiger partial charge on any atom is -0.411 e. The predicted molar refractivity (Wildman–Crippen MR) is 75.9 cm³/mol. The van der Waals surface area contributed by atoms with Gasteiger partial charge in [0.15, 0.2) is 0 Å². The van der Waals surface area contributed by atoms with E-state index in [2.05, 4.69) is 10.5 Å². The van der Waals surface area contributed by atoms with E-state index in [1.165, 1.54) is 0 Å². The van der Waals surface area contributed by atoms with Gasteiger partial charge in [0.2, 0.25) is 5.91 Å². The number of oxime groups is 1. The molecule has 0 saturated heterocycles. The van der Waals surface area contributed by atoms with Crippen LogP contribution in [0.15, 0.2) is 29.4 Å². The van der Waals surface area contributed by atoms with Crippen molar-refractivity contribution in [1.82, 2.24) is 0 Å². The second-order valence-electron chi connectivity index (χ2n) is 4.94. The van der Waals surface area contributed by atoms with Gasteiger partial charge in [-0.3, -0.25) is 4.79 Å². The number of nitrogens with zero attached hydrogens (tertiary/aromatic N) is 1. The Morgan fingerprint density at radius 1 is 1.32 bits per heavy atom. The van der Waals surface area contributed by atoms with Gasteiger partial charge in [0.25, 0.3) is 0 Å². The van der Waals surface area contributed by atoms with E-state index < -0.39 is 5.41 Å². The molecule has 2 N–H and O–H groups in total. The van der Waals surface area contributed by atoms with Crippen LogP contribution in [0.2, 0.25) is 5.02 Å². The highest BCUT2D eigenvalue weighted by molar-refractivity contribution is 6.30. The molecular weight excluding hydrogens is 264 g/mol. The Morgan fingerprint density at radius 3 is 2.42 bits per heavy atom. The minimum atomic E-state index is -0.672. The quantitative estimate of drug-likeness (QED) is 0.504. The van der Waals surface area contributed by atoms with Gasteiger partial charge in [0.1, 0.15) is 0 Å². The summed E-state index contributed by atoms with van der Waals surface area (Å²) in [6, 6.07) is 6.97. The molecular formula is C14H17ClN2O2. The monoisotopic (exact) mass is 280 g/mol. The van der Waals surface area contributed by atoms with Crippen LogP contribution >= 0.6 is 11.6 Å². The van der Waals surface area contributed by atoms with Gasteiger partial charge in [0, 0.05) is 10.7 Å². The maximum Gasteiger partial charge on any atom is 0.236 e. The highest BCUT2D eigenvalue weighted by atomic mass is 35.5. The topological polar surface area (TPSA) is 61.7 Å². The molecule has 0 bridgehead atoms. The third kappa shape index (κ3) is 2.73. The van der Waals surface area contributed by atoms with Crippen molar-refractivity contribution in [2.24, 2.45) is 10.6 Å². The Labute approximate surface area is 117 Å². The number of nitrogens with one attached hydrogen (secondary N) is 1. The van der Waals surface area contributed by atoms with Crippen LogP contribution in [0.3, 0.4) is 0 Å². The van der Waals surface area contributed by atoms with Crippen LogP contribution in [0.5, 0.6) is 0 Å². The molecule has 1 aromatic rings. The summed E-state index contributed by atoms with van der Waals surface area (Å²) < 4.78 is 0. The molecule has 0 heterocycles. The zero-order valence-corrected chi connectivity index (χ0v) is 11.6. The second kappa shape index (κ2) is 5.61. The van der Waals surface area contributed by atoms with Gasteiger partial charge in [-0.1, -0.05) is 29.6 Å². The molecule has 1 aliphatic carbocycles. The van der Waals surface area contributed by atoms with Crippen molar-refractivity contribution in [3.05, 3.63) is 29.3 Å². The van der Waals surface area contributed by atoms with Gasteiger partial charge >= 0.3 is 0 Å². The molecule has 1 fully saturated rings. The highest BCUT2D eigenvalue weighted by Gasteiger charge is 2.44. The molecule has 1 aliphatic rings. The SMILES string of the molecule is C/C(=N\O)C1(C(=O)Nc2ccc(Cl)cc2)CCCC1. The lowest BCUT2D eigenvalue weighted by molar-refractivity contribution is -0.122. The smallest absolute Gasteiger partial charge is 0.236 e. The van der Waals surface area contributed by atoms with Crippen LogP contribution in [-0.2, 0) is 4.79 Å². The zero-order chi connectivity index (χ0) is 13.9. The first kappa shape index (κ1) is 13.9. The lowest BCUT2D eigenvalue weighted by atomic mass is 9.80. The summed E-state index contributed by atoms with van der Waals surface area (Å²) in [4.78, 5) is 12.5. The van der Waals surface area contributed by atoms with E-state index in [1.807, 2.05) is 0 Å². The average molecular weight is 281 g/mol. The van der Waals surface area contributed by atoms with Gasteiger partial charge in [-0.15, -0.1) is 0 Å². The number of anilines is 1. The summed E-state index contributed by atoms with van der Waals surface area (Å²) in [6.45, 7) is 1.70. The predicted octanol–water partition coefficient (Wildman–Crippen LogP) is 3.69. The molecule has 102 valence electrons. The van der Waals surface area contributed by atoms with E-state index in [9.17, 15) is 4.79 Å². The molecule has 1 saturated carbocycles. The van der Waals surface area contributed by atoms with Crippen molar-refractivity contribution in [2.75, 3.05) is 5.32 Å². The summed E-state index contributed by atoms with van der Waals surface area (Å²) in [6.07, 6.45) is 3.40. The Morgan fingerprint density at radius 2 is 1.89 bits per heavy atom. The molecule has 0 radical (unpaired) electrons. The van der Waals surface area contributed by atoms with Gasteiger partial charge < -0.3 is 10.5 Å². The van der Waals surface area contributed by atoms with Crippen LogP contribution < -0.4 is 5.32 Å². The average Bonchev–Trinajstić information content (AvgIpc) is 2.91. The van der Waals surface area contributed by atoms with E-state index in [4.69, 9.17) is 16.8 Å². The standard InChI is InChI=1S/C14H17ClN2O2/c1-10(17-19)14(8-2-3-9-14)13(18)16-12-6-4-11(15)5-7-12/h4-7,19H,2-3,8-9H2,1H3,(H,16,18)/b17-10+. The molecule has 4 nitrogen and oxygen atoms in total. The van der Waals surface area contributed by atoms with E-state index in [1.54, 1.807) is 31.2 Å². The number of amides is 1. The molecule has 2 rings (SSSR count). The molecule has 0 aromatic heterocycles. The van der Waals surface area contributed by atoms with Crippen molar-refractivity contribution in [3.63, 3.8) is 0 Å². The lowest BCUT2D eigenvalue weighted by Gasteiger charge is -2.26. The normalized spacial score (nSPS) is 18.3. The van der Waals surface area contributed by atoms with Crippen molar-refractivity contribution >= 4 is 28.9 Å². The van der Waals surface area contributed by atoms with Crippen LogP contribution in [0.25, 0.3) is 0 Å². The van der Waals surface area contributed by atoms with Gasteiger partial charge in [0.05, 0.1) is 11.1 Å². The summed E-state index contributed by atoms with van der Waals surface area (Å²) in [5, 5.41) is 15.8. The Balaban J connectivity index is 2.19. The van der Waals surface area contributed by atoms with Gasteiger partial charge in [-0.05, 0) is 44.0 Å². The molecule has 0 spiro atoms. The van der Waals surface area contributed by atoms with Crippen molar-refractivity contribution < 1.29 is 10.0 Å². The van der Waals surface area contributed by atoms with E-state index in [-0.39, 0.29) is 5.91 Å². The first-order valence-electron chi connectivity index (χ1n) is 6.35. The number of halogens is 1. The maximum absolute atomic E-state index is 12.5. The molecule has 0 atom stereocenters. The number of carbonyl (C=O) groups is 1. The summed E-state index contributed by atoms with van der Waals surface area (Å²) in [5.41, 5.74) is 0.511. The van der Waals surface area contributed by atoms with Crippen LogP contribution in [-0.4, -0.2) is 16.8 Å². The molecule has 19 heavy (non-hydrogen) atoms. The first-order valence-corrected chi connectivity index (χ1v) is 6.72. The second-order valence-corrected chi connectivity index (χ2v) is 5.37. The number of hydrogen-bond acceptors (Lipinski definition) is 3. The largest absolute Gasteiger partial charge is 0.411 e. The number of benzene rings is 1. The van der Waals surface area contributed by atoms with Gasteiger partial charge in [-0.25, -0.2) is 0 Å². The van der Waals surface area contributed by atoms with Crippen molar-refractivity contribution in [2.45, 2.75) is 32.6 Å². The zero-order valence-electron chi connectivity index (χ0n) is 10.8. The van der Waals surface area contributed by atoms with Crippen LogP contribution in [0.1, 0.15) is 32.6 Å². The molecule has 5 heteroatoms. The van der Waals surface area contributed by atoms with Crippen molar-refractivity contribution in [3.8, 4) is 0 Å². The number of carbonyl (C=O) groups excluding carboxylic acids is 1. The van der Waals surface area contributed by atoms with Crippen LogP contribution in [0.4, 0.5) is 5.69 Å². The van der Waals surface area contributed by atoms with Crippen molar-refractivity contribution in [1.29, 1.82) is 0 Å². The third-order valence-corrected chi connectivity index (χ3v) is 4.09. The van der Waals surface area contributed by atoms with E-state index >= 15 is 0 Å². The Bertz CT molecular complexity index is 491. The summed E-state index contributed by atoms with van der Waals surface area (Å²) >= 11 is 5.81. The van der Waals surface area contributed by atoms with E-state index in [0.717, 1.165) is 25.7 Å². The van der Waals surface area contributed by atoms with Gasteiger partial charge in [-0.2, -0.15) is 0 Å². The molecule has 0 aliphatic heterocycles. The maximum atomic E-state index is 12.5. The van der Waals surface area contributed by atoms with Crippen LogP contribution in [0, 0.1) is 5.41 Å². The highest BCUT2D eigenvalue weighted by Crippen LogP contribution is 2.40. The summed E-state index contributed by atoms with van der Waals surface area (Å²) in [7, 11) is 0. The lowest BCUT2D eigenvalue weighted by Crippen LogP contribution is -2.39. The number of hydrogen-bond donors (Lipinski definition) is 2. The Kier molecular flexibility index (Phi) is 4.10. The third-order valence-electron chi connectivity index (χ3n) is 3.84. The summed E-state index contributed by atoms with van der Waals surface area (Å²) in [5.74, 6) is -0.109. The fraction of sp³-hybridized carbons (Fsp3) is 0.429. The Hall–Kier alpha value is -1.55. The molecule has 0 unspecified atom stereocenters. The molecule has 1 aromatic carbocycles. The fourth-order valence-electron chi connectivity index (χ4n) is 2.61. The number of rotatable bonds is 3. The minimum absolute atomic E-state index is 0.109.